The fraction of sp³-hybridized carbons (Fsp3) is 0.310. The molecule has 0 heterocycles. The molecule has 3 aromatic rings. The molecule has 196 valence electrons. The van der Waals surface area contributed by atoms with Crippen LogP contribution < -0.4 is 10.1 Å². The fourth-order valence-corrected chi connectivity index (χ4v) is 4.75. The molecule has 0 saturated carbocycles. The molecule has 1 unspecified atom stereocenters. The highest BCUT2D eigenvalue weighted by atomic mass is 79.9. The zero-order valence-electron chi connectivity index (χ0n) is 21.4. The molecule has 0 fully saturated rings. The van der Waals surface area contributed by atoms with E-state index < -0.39 is 6.04 Å². The van der Waals surface area contributed by atoms with E-state index in [1.54, 1.807) is 18.2 Å². The van der Waals surface area contributed by atoms with Crippen LogP contribution in [0, 0.1) is 13.8 Å². The SMILES string of the molecule is Cc1cc(OCC(=O)N(Cc2c(Cl)cccc2Cl)C(Cc2ccccc2)C(=O)NC(C)C)cc(C)c1Br. The minimum absolute atomic E-state index is 0.0576. The van der Waals surface area contributed by atoms with Crippen LogP contribution in [0.1, 0.15) is 36.1 Å². The van der Waals surface area contributed by atoms with Gasteiger partial charge in [-0.2, -0.15) is 0 Å². The van der Waals surface area contributed by atoms with Crippen LogP contribution in [-0.4, -0.2) is 35.4 Å². The van der Waals surface area contributed by atoms with E-state index in [9.17, 15) is 9.59 Å². The molecule has 0 aliphatic carbocycles. The highest BCUT2D eigenvalue weighted by molar-refractivity contribution is 9.10. The Morgan fingerprint density at radius 2 is 1.57 bits per heavy atom. The summed E-state index contributed by atoms with van der Waals surface area (Å²) >= 11 is 16.5. The number of rotatable bonds is 10. The van der Waals surface area contributed by atoms with Crippen LogP contribution >= 0.6 is 39.1 Å². The van der Waals surface area contributed by atoms with Crippen molar-refractivity contribution < 1.29 is 14.3 Å². The molecule has 8 heteroatoms. The fourth-order valence-electron chi connectivity index (χ4n) is 4.01. The standard InChI is InChI=1S/C29H31BrCl2N2O3/c1-18(2)33-29(36)26(15-21-9-6-5-7-10-21)34(16-23-24(31)11-8-12-25(23)32)27(35)17-37-22-13-19(3)28(30)20(4)14-22/h5-14,18,26H,15-17H2,1-4H3,(H,33,36). The summed E-state index contributed by atoms with van der Waals surface area (Å²) in [5.41, 5.74) is 3.50. The lowest BCUT2D eigenvalue weighted by Crippen LogP contribution is -2.52. The molecular formula is C29H31BrCl2N2O3. The summed E-state index contributed by atoms with van der Waals surface area (Å²) in [7, 11) is 0. The number of halogens is 3. The third-order valence-electron chi connectivity index (χ3n) is 5.86. The first-order valence-corrected chi connectivity index (χ1v) is 13.6. The van der Waals surface area contributed by atoms with Crippen molar-refractivity contribution in [3.05, 3.63) is 97.4 Å². The number of hydrogen-bond acceptors (Lipinski definition) is 3. The Labute approximate surface area is 237 Å². The first-order chi connectivity index (χ1) is 17.6. The normalized spacial score (nSPS) is 11.8. The number of nitrogens with zero attached hydrogens (tertiary/aromatic N) is 1. The van der Waals surface area contributed by atoms with Crippen molar-refractivity contribution in [1.29, 1.82) is 0 Å². The van der Waals surface area contributed by atoms with Crippen molar-refractivity contribution in [2.24, 2.45) is 0 Å². The molecule has 0 bridgehead atoms. The van der Waals surface area contributed by atoms with Crippen LogP contribution in [0.25, 0.3) is 0 Å². The summed E-state index contributed by atoms with van der Waals surface area (Å²) in [6.07, 6.45) is 0.323. The van der Waals surface area contributed by atoms with Gasteiger partial charge in [0.05, 0.1) is 0 Å². The summed E-state index contributed by atoms with van der Waals surface area (Å²) in [6, 6.07) is 17.6. The molecule has 5 nitrogen and oxygen atoms in total. The molecule has 3 aromatic carbocycles. The number of hydrogen-bond donors (Lipinski definition) is 1. The largest absolute Gasteiger partial charge is 0.484 e. The van der Waals surface area contributed by atoms with Crippen molar-refractivity contribution in [2.45, 2.75) is 52.7 Å². The van der Waals surface area contributed by atoms with Gasteiger partial charge in [-0.05, 0) is 68.7 Å². The quantitative estimate of drug-likeness (QED) is 0.273. The maximum atomic E-state index is 13.7. The Kier molecular flexibility index (Phi) is 10.4. The second kappa shape index (κ2) is 13.3. The summed E-state index contributed by atoms with van der Waals surface area (Å²) in [6.45, 7) is 7.50. The van der Waals surface area contributed by atoms with E-state index in [1.807, 2.05) is 70.2 Å². The maximum Gasteiger partial charge on any atom is 0.261 e. The Balaban J connectivity index is 1.97. The minimum atomic E-state index is -0.804. The monoisotopic (exact) mass is 604 g/mol. The Hall–Kier alpha value is -2.54. The molecule has 0 radical (unpaired) electrons. The summed E-state index contributed by atoms with van der Waals surface area (Å²) in [4.78, 5) is 28.7. The van der Waals surface area contributed by atoms with Crippen molar-refractivity contribution in [1.82, 2.24) is 10.2 Å². The second-order valence-electron chi connectivity index (χ2n) is 9.25. The zero-order valence-corrected chi connectivity index (χ0v) is 24.5. The molecule has 1 atom stereocenters. The van der Waals surface area contributed by atoms with Gasteiger partial charge in [-0.1, -0.05) is 75.5 Å². The molecule has 0 aliphatic heterocycles. The molecular weight excluding hydrogens is 575 g/mol. The van der Waals surface area contributed by atoms with Gasteiger partial charge in [0.2, 0.25) is 5.91 Å². The van der Waals surface area contributed by atoms with Gasteiger partial charge in [-0.15, -0.1) is 0 Å². The van der Waals surface area contributed by atoms with Crippen LogP contribution in [0.2, 0.25) is 10.0 Å². The minimum Gasteiger partial charge on any atom is -0.484 e. The van der Waals surface area contributed by atoms with Gasteiger partial charge in [-0.25, -0.2) is 0 Å². The van der Waals surface area contributed by atoms with E-state index in [4.69, 9.17) is 27.9 Å². The van der Waals surface area contributed by atoms with Crippen molar-refractivity contribution in [2.75, 3.05) is 6.61 Å². The topological polar surface area (TPSA) is 58.6 Å². The van der Waals surface area contributed by atoms with Gasteiger partial charge in [0, 0.05) is 39.1 Å². The van der Waals surface area contributed by atoms with E-state index in [2.05, 4.69) is 21.2 Å². The van der Waals surface area contributed by atoms with Crippen LogP contribution in [0.3, 0.4) is 0 Å². The molecule has 0 spiro atoms. The lowest BCUT2D eigenvalue weighted by molar-refractivity contribution is -0.143. The van der Waals surface area contributed by atoms with Crippen molar-refractivity contribution >= 4 is 50.9 Å². The van der Waals surface area contributed by atoms with Gasteiger partial charge >= 0.3 is 0 Å². The second-order valence-corrected chi connectivity index (χ2v) is 10.9. The van der Waals surface area contributed by atoms with Crippen molar-refractivity contribution in [3.8, 4) is 5.75 Å². The zero-order chi connectivity index (χ0) is 27.1. The predicted octanol–water partition coefficient (Wildman–Crippen LogP) is 6.92. The lowest BCUT2D eigenvalue weighted by atomic mass is 10.0. The maximum absolute atomic E-state index is 13.7. The molecule has 0 saturated heterocycles. The van der Waals surface area contributed by atoms with Gasteiger partial charge in [-0.3, -0.25) is 9.59 Å². The van der Waals surface area contributed by atoms with E-state index in [0.717, 1.165) is 21.2 Å². The summed E-state index contributed by atoms with van der Waals surface area (Å²) < 4.78 is 6.91. The number of carbonyl (C=O) groups is 2. The van der Waals surface area contributed by atoms with Crippen molar-refractivity contribution in [3.63, 3.8) is 0 Å². The first-order valence-electron chi connectivity index (χ1n) is 12.0. The summed E-state index contributed by atoms with van der Waals surface area (Å²) in [5.74, 6) is -0.0340. The molecule has 0 aliphatic rings. The van der Waals surface area contributed by atoms with E-state index in [-0.39, 0.29) is 31.0 Å². The van der Waals surface area contributed by atoms with E-state index >= 15 is 0 Å². The number of aryl methyl sites for hydroxylation is 2. The number of benzene rings is 3. The third-order valence-corrected chi connectivity index (χ3v) is 7.82. The molecule has 2 amide bonds. The van der Waals surface area contributed by atoms with Gasteiger partial charge < -0.3 is 15.0 Å². The number of carbonyl (C=O) groups excluding carboxylic acids is 2. The molecule has 0 aromatic heterocycles. The lowest BCUT2D eigenvalue weighted by Gasteiger charge is -2.32. The first kappa shape index (κ1) is 29.0. The van der Waals surface area contributed by atoms with Gasteiger partial charge in [0.15, 0.2) is 6.61 Å². The number of ether oxygens (including phenoxy) is 1. The average molecular weight is 606 g/mol. The number of amides is 2. The molecule has 1 N–H and O–H groups in total. The molecule has 37 heavy (non-hydrogen) atoms. The highest BCUT2D eigenvalue weighted by Gasteiger charge is 2.32. The smallest absolute Gasteiger partial charge is 0.261 e. The summed E-state index contributed by atoms with van der Waals surface area (Å²) in [5, 5.41) is 3.81. The van der Waals surface area contributed by atoms with Gasteiger partial charge in [0.25, 0.3) is 5.91 Å². The van der Waals surface area contributed by atoms with E-state index in [0.29, 0.717) is 27.8 Å². The highest BCUT2D eigenvalue weighted by Crippen LogP contribution is 2.28. The van der Waals surface area contributed by atoms with Crippen LogP contribution in [0.5, 0.6) is 5.75 Å². The van der Waals surface area contributed by atoms with Crippen LogP contribution in [0.15, 0.2) is 65.1 Å². The average Bonchev–Trinajstić information content (AvgIpc) is 2.84. The van der Waals surface area contributed by atoms with E-state index in [1.165, 1.54) is 4.90 Å². The van der Waals surface area contributed by atoms with Crippen LogP contribution in [-0.2, 0) is 22.6 Å². The Bertz CT molecular complexity index is 1210. The Morgan fingerprint density at radius 3 is 2.14 bits per heavy atom. The van der Waals surface area contributed by atoms with Crippen LogP contribution in [0.4, 0.5) is 0 Å². The predicted molar refractivity (Wildman–Crippen MR) is 153 cm³/mol. The molecule has 3 rings (SSSR count). The van der Waals surface area contributed by atoms with Gasteiger partial charge in [0.1, 0.15) is 11.8 Å². The Morgan fingerprint density at radius 1 is 0.973 bits per heavy atom. The number of nitrogens with one attached hydrogen (secondary N) is 1. The third kappa shape index (κ3) is 7.97.